The van der Waals surface area contributed by atoms with E-state index in [9.17, 15) is 19.7 Å². The fourth-order valence-corrected chi connectivity index (χ4v) is 5.10. The van der Waals surface area contributed by atoms with Gasteiger partial charge in [0.1, 0.15) is 22.4 Å². The Balaban J connectivity index is 1.91. The number of esters is 1. The van der Waals surface area contributed by atoms with E-state index in [2.05, 4.69) is 10.4 Å². The maximum absolute atomic E-state index is 13.0. The van der Waals surface area contributed by atoms with E-state index in [-0.39, 0.29) is 17.5 Å². The number of nitro groups is 1. The van der Waals surface area contributed by atoms with Gasteiger partial charge in [-0.05, 0) is 65.4 Å². The van der Waals surface area contributed by atoms with Crippen molar-refractivity contribution in [3.8, 4) is 0 Å². The Morgan fingerprint density at radius 3 is 2.58 bits per heavy atom. The number of ether oxygens (including phenoxy) is 1. The molecule has 0 saturated heterocycles. The molecule has 0 saturated carbocycles. The SMILES string of the molecule is CCC(C)OC(=O)c1c(NC(=O)C(C)n2nc(C)c([N+](=O)[O-])c2C)sc2c1CCCC2. The molecule has 0 spiro atoms. The Labute approximate surface area is 184 Å². The van der Waals surface area contributed by atoms with Crippen LogP contribution >= 0.6 is 11.3 Å². The number of nitrogens with one attached hydrogen (secondary N) is 1. The molecule has 0 aliphatic heterocycles. The van der Waals surface area contributed by atoms with E-state index in [1.54, 1.807) is 20.8 Å². The molecular formula is C21H28N4O5S. The van der Waals surface area contributed by atoms with Crippen LogP contribution in [-0.4, -0.2) is 32.7 Å². The molecule has 2 aromatic heterocycles. The monoisotopic (exact) mass is 448 g/mol. The van der Waals surface area contributed by atoms with E-state index in [4.69, 9.17) is 4.74 Å². The van der Waals surface area contributed by atoms with Crippen LogP contribution in [0.15, 0.2) is 0 Å². The van der Waals surface area contributed by atoms with Crippen molar-refractivity contribution in [2.45, 2.75) is 78.9 Å². The topological polar surface area (TPSA) is 116 Å². The molecule has 168 valence electrons. The highest BCUT2D eigenvalue weighted by atomic mass is 32.1. The molecule has 2 unspecified atom stereocenters. The third-order valence-electron chi connectivity index (χ3n) is 5.71. The summed E-state index contributed by atoms with van der Waals surface area (Å²) in [7, 11) is 0. The fraction of sp³-hybridized carbons (Fsp3) is 0.571. The maximum atomic E-state index is 13.0. The van der Waals surface area contributed by atoms with Crippen LogP contribution in [0.2, 0.25) is 0 Å². The Bertz CT molecular complexity index is 1030. The Kier molecular flexibility index (Phi) is 6.78. The second-order valence-corrected chi connectivity index (χ2v) is 9.03. The van der Waals surface area contributed by atoms with Crippen molar-refractivity contribution in [1.29, 1.82) is 0 Å². The summed E-state index contributed by atoms with van der Waals surface area (Å²) >= 11 is 1.41. The molecule has 2 atom stereocenters. The van der Waals surface area contributed by atoms with E-state index >= 15 is 0 Å². The lowest BCUT2D eigenvalue weighted by atomic mass is 9.95. The Morgan fingerprint density at radius 2 is 1.97 bits per heavy atom. The van der Waals surface area contributed by atoms with E-state index in [0.29, 0.717) is 22.7 Å². The summed E-state index contributed by atoms with van der Waals surface area (Å²) in [4.78, 5) is 37.8. The second kappa shape index (κ2) is 9.17. The lowest BCUT2D eigenvalue weighted by molar-refractivity contribution is -0.386. The van der Waals surface area contributed by atoms with Crippen molar-refractivity contribution in [3.05, 3.63) is 37.5 Å². The van der Waals surface area contributed by atoms with E-state index < -0.39 is 22.8 Å². The van der Waals surface area contributed by atoms with Crippen LogP contribution < -0.4 is 5.32 Å². The third-order valence-corrected chi connectivity index (χ3v) is 6.92. The first-order valence-corrected chi connectivity index (χ1v) is 11.3. The zero-order valence-corrected chi connectivity index (χ0v) is 19.3. The predicted molar refractivity (Wildman–Crippen MR) is 118 cm³/mol. The Hall–Kier alpha value is -2.75. The average molecular weight is 449 g/mol. The molecule has 1 N–H and O–H groups in total. The van der Waals surface area contributed by atoms with Crippen molar-refractivity contribution in [2.24, 2.45) is 0 Å². The number of carbonyl (C=O) groups is 2. The zero-order valence-electron chi connectivity index (χ0n) is 18.5. The number of aromatic nitrogens is 2. The predicted octanol–water partition coefficient (Wildman–Crippen LogP) is 4.50. The molecule has 0 radical (unpaired) electrons. The zero-order chi connectivity index (χ0) is 22.9. The van der Waals surface area contributed by atoms with Gasteiger partial charge in [0.15, 0.2) is 0 Å². The highest BCUT2D eigenvalue weighted by Gasteiger charge is 2.31. The first kappa shape index (κ1) is 22.9. The maximum Gasteiger partial charge on any atom is 0.341 e. The van der Waals surface area contributed by atoms with Crippen LogP contribution in [0.1, 0.15) is 78.3 Å². The summed E-state index contributed by atoms with van der Waals surface area (Å²) in [6.45, 7) is 8.53. The number of rotatable bonds is 7. The summed E-state index contributed by atoms with van der Waals surface area (Å²) in [6.07, 6.45) is 4.18. The molecule has 2 heterocycles. The number of thiophene rings is 1. The van der Waals surface area contributed by atoms with Gasteiger partial charge in [-0.25, -0.2) is 4.79 Å². The molecule has 31 heavy (non-hydrogen) atoms. The lowest BCUT2D eigenvalue weighted by Crippen LogP contribution is -2.26. The quantitative estimate of drug-likeness (QED) is 0.379. The Morgan fingerprint density at radius 1 is 1.29 bits per heavy atom. The van der Waals surface area contributed by atoms with Gasteiger partial charge in [-0.1, -0.05) is 6.92 Å². The number of carbonyl (C=O) groups excluding carboxylic acids is 2. The first-order chi connectivity index (χ1) is 14.6. The van der Waals surface area contributed by atoms with Crippen molar-refractivity contribution < 1.29 is 19.2 Å². The van der Waals surface area contributed by atoms with Crippen LogP contribution in [0.5, 0.6) is 0 Å². The minimum Gasteiger partial charge on any atom is -0.459 e. The fourth-order valence-electron chi connectivity index (χ4n) is 3.82. The van der Waals surface area contributed by atoms with Crippen molar-refractivity contribution >= 4 is 33.9 Å². The number of aryl methyl sites for hydroxylation is 2. The summed E-state index contributed by atoms with van der Waals surface area (Å²) in [5.41, 5.74) is 1.89. The number of hydrogen-bond donors (Lipinski definition) is 1. The second-order valence-electron chi connectivity index (χ2n) is 7.93. The highest BCUT2D eigenvalue weighted by molar-refractivity contribution is 7.17. The number of hydrogen-bond acceptors (Lipinski definition) is 7. The van der Waals surface area contributed by atoms with Gasteiger partial charge in [0, 0.05) is 4.88 Å². The van der Waals surface area contributed by atoms with Gasteiger partial charge in [0.25, 0.3) is 0 Å². The molecule has 9 nitrogen and oxygen atoms in total. The molecule has 0 bridgehead atoms. The van der Waals surface area contributed by atoms with Gasteiger partial charge in [-0.15, -0.1) is 11.3 Å². The molecule has 1 amide bonds. The van der Waals surface area contributed by atoms with Gasteiger partial charge < -0.3 is 10.1 Å². The normalized spacial score (nSPS) is 15.1. The largest absolute Gasteiger partial charge is 0.459 e. The van der Waals surface area contributed by atoms with Crippen molar-refractivity contribution in [3.63, 3.8) is 0 Å². The van der Waals surface area contributed by atoms with Crippen LogP contribution in [0.4, 0.5) is 10.7 Å². The molecule has 1 aliphatic rings. The smallest absolute Gasteiger partial charge is 0.341 e. The number of anilines is 1. The minimum absolute atomic E-state index is 0.0935. The van der Waals surface area contributed by atoms with Crippen molar-refractivity contribution in [2.75, 3.05) is 5.32 Å². The van der Waals surface area contributed by atoms with Crippen LogP contribution in [0, 0.1) is 24.0 Å². The molecule has 1 aliphatic carbocycles. The van der Waals surface area contributed by atoms with Crippen LogP contribution in [0.3, 0.4) is 0 Å². The molecule has 10 heteroatoms. The third kappa shape index (κ3) is 4.48. The number of nitrogens with zero attached hydrogens (tertiary/aromatic N) is 3. The molecular weight excluding hydrogens is 420 g/mol. The average Bonchev–Trinajstić information content (AvgIpc) is 3.23. The van der Waals surface area contributed by atoms with Crippen LogP contribution in [0.25, 0.3) is 0 Å². The van der Waals surface area contributed by atoms with Gasteiger partial charge in [0.2, 0.25) is 5.91 Å². The number of fused-ring (bicyclic) bond motifs is 1. The summed E-state index contributed by atoms with van der Waals surface area (Å²) in [5, 5.41) is 18.8. The van der Waals surface area contributed by atoms with Gasteiger partial charge in [-0.3, -0.25) is 19.6 Å². The number of amides is 1. The minimum atomic E-state index is -0.787. The highest BCUT2D eigenvalue weighted by Crippen LogP contribution is 2.39. The van der Waals surface area contributed by atoms with Gasteiger partial charge >= 0.3 is 11.7 Å². The van der Waals surface area contributed by atoms with Crippen molar-refractivity contribution in [1.82, 2.24) is 9.78 Å². The first-order valence-electron chi connectivity index (χ1n) is 10.5. The van der Waals surface area contributed by atoms with E-state index in [0.717, 1.165) is 36.1 Å². The standard InChI is InChI=1S/C21H28N4O5S/c1-6-11(2)30-21(27)17-15-9-7-8-10-16(15)31-20(17)22-19(26)14(5)24-13(4)18(25(28)29)12(3)23-24/h11,14H,6-10H2,1-5H3,(H,22,26). The van der Waals surface area contributed by atoms with E-state index in [1.165, 1.54) is 16.0 Å². The molecule has 2 aromatic rings. The molecule has 0 fully saturated rings. The van der Waals surface area contributed by atoms with Gasteiger partial charge in [-0.2, -0.15) is 5.10 Å². The summed E-state index contributed by atoms with van der Waals surface area (Å²) < 4.78 is 6.92. The van der Waals surface area contributed by atoms with Crippen LogP contribution in [-0.2, 0) is 22.4 Å². The molecule has 3 rings (SSSR count). The van der Waals surface area contributed by atoms with E-state index in [1.807, 2.05) is 13.8 Å². The summed E-state index contributed by atoms with van der Waals surface area (Å²) in [6, 6.07) is -0.787. The molecule has 0 aromatic carbocycles. The lowest BCUT2D eigenvalue weighted by Gasteiger charge is -2.16. The summed E-state index contributed by atoms with van der Waals surface area (Å²) in [5.74, 6) is -0.810. The van der Waals surface area contributed by atoms with Gasteiger partial charge in [0.05, 0.1) is 16.6 Å².